The molecule has 1 amide bonds. The molecule has 2 aromatic heterocycles. The molecule has 10 heteroatoms. The Labute approximate surface area is 232 Å². The summed E-state index contributed by atoms with van der Waals surface area (Å²) in [7, 11) is -3.64. The highest BCUT2D eigenvalue weighted by molar-refractivity contribution is 7.89. The smallest absolute Gasteiger partial charge is 0.260 e. The van der Waals surface area contributed by atoms with E-state index in [0.717, 1.165) is 47.0 Å². The van der Waals surface area contributed by atoms with Crippen molar-refractivity contribution in [3.8, 4) is 0 Å². The highest BCUT2D eigenvalue weighted by atomic mass is 35.5. The molecule has 7 nitrogen and oxygen atoms in total. The zero-order valence-electron chi connectivity index (χ0n) is 21.3. The van der Waals surface area contributed by atoms with Gasteiger partial charge < -0.3 is 0 Å². The van der Waals surface area contributed by atoms with E-state index < -0.39 is 10.0 Å². The molecule has 1 aliphatic rings. The molecule has 0 N–H and O–H groups in total. The van der Waals surface area contributed by atoms with Gasteiger partial charge >= 0.3 is 0 Å². The molecule has 1 unspecified atom stereocenters. The molecule has 1 saturated heterocycles. The predicted molar refractivity (Wildman–Crippen MR) is 152 cm³/mol. The van der Waals surface area contributed by atoms with Crippen LogP contribution in [-0.4, -0.2) is 41.2 Å². The van der Waals surface area contributed by atoms with Crippen molar-refractivity contribution in [2.75, 3.05) is 11.4 Å². The minimum atomic E-state index is -3.64. The van der Waals surface area contributed by atoms with E-state index in [9.17, 15) is 13.2 Å². The van der Waals surface area contributed by atoms with Crippen molar-refractivity contribution in [2.24, 2.45) is 0 Å². The molecule has 1 aliphatic heterocycles. The van der Waals surface area contributed by atoms with Crippen molar-refractivity contribution in [3.05, 3.63) is 82.6 Å². The van der Waals surface area contributed by atoms with E-state index in [-0.39, 0.29) is 23.4 Å². The Morgan fingerprint density at radius 1 is 1.18 bits per heavy atom. The van der Waals surface area contributed by atoms with Crippen molar-refractivity contribution < 1.29 is 13.2 Å². The molecule has 0 bridgehead atoms. The van der Waals surface area contributed by atoms with Crippen LogP contribution in [-0.2, 0) is 16.6 Å². The highest BCUT2D eigenvalue weighted by Crippen LogP contribution is 2.34. The maximum absolute atomic E-state index is 13.8. The Balaban J connectivity index is 1.48. The predicted octanol–water partition coefficient (Wildman–Crippen LogP) is 6.45. The number of halogens is 1. The molecule has 0 radical (unpaired) electrons. The lowest BCUT2D eigenvalue weighted by molar-refractivity contribution is 0.0985. The number of aryl methyl sites for hydroxylation is 1. The van der Waals surface area contributed by atoms with Gasteiger partial charge in [-0.15, -0.1) is 0 Å². The van der Waals surface area contributed by atoms with Gasteiger partial charge in [0.25, 0.3) is 5.91 Å². The molecule has 0 spiro atoms. The maximum Gasteiger partial charge on any atom is 0.260 e. The summed E-state index contributed by atoms with van der Waals surface area (Å²) in [6.45, 7) is 4.76. The van der Waals surface area contributed by atoms with Gasteiger partial charge in [0.15, 0.2) is 5.13 Å². The molecule has 0 saturated carbocycles. The summed E-state index contributed by atoms with van der Waals surface area (Å²) in [5, 5.41) is 1.15. The molecule has 2 aromatic carbocycles. The van der Waals surface area contributed by atoms with Crippen molar-refractivity contribution in [1.82, 2.24) is 14.3 Å². The second-order valence-corrected chi connectivity index (χ2v) is 12.9. The molecule has 0 aliphatic carbocycles. The van der Waals surface area contributed by atoms with Gasteiger partial charge in [0.2, 0.25) is 10.0 Å². The number of aromatic nitrogens is 2. The number of amides is 1. The number of piperidine rings is 1. The van der Waals surface area contributed by atoms with Crippen molar-refractivity contribution in [2.45, 2.75) is 57.0 Å². The van der Waals surface area contributed by atoms with Crippen LogP contribution in [0.25, 0.3) is 10.2 Å². The Kier molecular flexibility index (Phi) is 7.81. The lowest BCUT2D eigenvalue weighted by atomic mass is 10.0. The third kappa shape index (κ3) is 5.33. The van der Waals surface area contributed by atoms with E-state index in [1.54, 1.807) is 33.7 Å². The Morgan fingerprint density at radius 2 is 1.97 bits per heavy atom. The summed E-state index contributed by atoms with van der Waals surface area (Å²) in [4.78, 5) is 24.6. The quantitative estimate of drug-likeness (QED) is 0.256. The third-order valence-corrected chi connectivity index (χ3v) is 10.1. The Bertz CT molecular complexity index is 1560. The number of fused-ring (bicyclic) bond motifs is 1. The number of carbonyl (C=O) groups is 1. The first kappa shape index (κ1) is 26.7. The number of carbonyl (C=O) groups excluding carboxylic acids is 1. The van der Waals surface area contributed by atoms with Gasteiger partial charge in [-0.05, 0) is 79.8 Å². The summed E-state index contributed by atoms with van der Waals surface area (Å²) in [5.41, 5.74) is 2.96. The molecule has 4 aromatic rings. The molecule has 198 valence electrons. The number of rotatable bonds is 7. The summed E-state index contributed by atoms with van der Waals surface area (Å²) in [6.07, 6.45) is 6.97. The van der Waals surface area contributed by atoms with Crippen LogP contribution < -0.4 is 4.90 Å². The topological polar surface area (TPSA) is 83.5 Å². The molecule has 1 atom stereocenters. The average molecular weight is 569 g/mol. The minimum absolute atomic E-state index is 0.0148. The first-order chi connectivity index (χ1) is 18.3. The van der Waals surface area contributed by atoms with Crippen LogP contribution in [0.5, 0.6) is 0 Å². The number of benzene rings is 2. The van der Waals surface area contributed by atoms with Gasteiger partial charge in [0.05, 0.1) is 21.7 Å². The van der Waals surface area contributed by atoms with E-state index in [1.807, 2.05) is 38.1 Å². The summed E-state index contributed by atoms with van der Waals surface area (Å²) in [6, 6.07) is 13.7. The number of anilines is 1. The minimum Gasteiger partial charge on any atom is -0.279 e. The van der Waals surface area contributed by atoms with Gasteiger partial charge in [-0.3, -0.25) is 14.7 Å². The molecule has 38 heavy (non-hydrogen) atoms. The third-order valence-electron chi connectivity index (χ3n) is 6.93. The molecule has 1 fully saturated rings. The number of thiazole rings is 1. The van der Waals surface area contributed by atoms with Crippen LogP contribution in [0, 0.1) is 6.92 Å². The lowest BCUT2D eigenvalue weighted by Gasteiger charge is -2.34. The van der Waals surface area contributed by atoms with Gasteiger partial charge in [-0.2, -0.15) is 4.31 Å². The standard InChI is InChI=1S/C28H29ClN4O3S2/c1-3-23-8-4-5-14-33(23)38(35,36)24-11-9-21(10-12-24)27(34)32(18-20-7-6-13-30-17-20)28-31-26-19(2)15-22(29)16-25(26)37-28/h6-7,9-13,15-17,23H,3-5,8,14,18H2,1-2H3. The fourth-order valence-electron chi connectivity index (χ4n) is 4.92. The van der Waals surface area contributed by atoms with Crippen LogP contribution >= 0.6 is 22.9 Å². The van der Waals surface area contributed by atoms with E-state index in [1.165, 1.54) is 23.5 Å². The second kappa shape index (κ2) is 11.1. The van der Waals surface area contributed by atoms with Gasteiger partial charge in [0.1, 0.15) is 0 Å². The fourth-order valence-corrected chi connectivity index (χ4v) is 8.10. The number of hydrogen-bond donors (Lipinski definition) is 0. The molecule has 3 heterocycles. The first-order valence-corrected chi connectivity index (χ1v) is 15.3. The lowest BCUT2D eigenvalue weighted by Crippen LogP contribution is -2.43. The zero-order chi connectivity index (χ0) is 26.9. The summed E-state index contributed by atoms with van der Waals surface area (Å²) in [5.74, 6) is -0.273. The monoisotopic (exact) mass is 568 g/mol. The highest BCUT2D eigenvalue weighted by Gasteiger charge is 2.32. The Morgan fingerprint density at radius 3 is 2.68 bits per heavy atom. The first-order valence-electron chi connectivity index (χ1n) is 12.7. The van der Waals surface area contributed by atoms with Crippen LogP contribution in [0.1, 0.15) is 54.1 Å². The fraction of sp³-hybridized carbons (Fsp3) is 0.321. The van der Waals surface area contributed by atoms with Crippen LogP contribution in [0.15, 0.2) is 65.8 Å². The van der Waals surface area contributed by atoms with Crippen molar-refractivity contribution in [3.63, 3.8) is 0 Å². The van der Waals surface area contributed by atoms with Crippen molar-refractivity contribution >= 4 is 54.2 Å². The summed E-state index contributed by atoms with van der Waals surface area (Å²) >= 11 is 7.66. The molecular formula is C28H29ClN4O3S2. The largest absolute Gasteiger partial charge is 0.279 e. The number of nitrogens with zero attached hydrogens (tertiary/aromatic N) is 4. The van der Waals surface area contributed by atoms with Crippen LogP contribution in [0.3, 0.4) is 0 Å². The maximum atomic E-state index is 13.8. The van der Waals surface area contributed by atoms with E-state index in [0.29, 0.717) is 22.3 Å². The van der Waals surface area contributed by atoms with E-state index in [2.05, 4.69) is 4.98 Å². The zero-order valence-corrected chi connectivity index (χ0v) is 23.7. The van der Waals surface area contributed by atoms with Gasteiger partial charge in [-0.1, -0.05) is 42.3 Å². The molecule has 5 rings (SSSR count). The molecular weight excluding hydrogens is 540 g/mol. The van der Waals surface area contributed by atoms with Gasteiger partial charge in [-0.25, -0.2) is 13.4 Å². The number of sulfonamides is 1. The SMILES string of the molecule is CCC1CCCCN1S(=O)(=O)c1ccc(C(=O)N(Cc2cccnc2)c2nc3c(C)cc(Cl)cc3s2)cc1. The Hall–Kier alpha value is -2.85. The van der Waals surface area contributed by atoms with Gasteiger partial charge in [0, 0.05) is 35.6 Å². The second-order valence-electron chi connectivity index (χ2n) is 9.52. The van der Waals surface area contributed by atoms with Crippen LogP contribution in [0.4, 0.5) is 5.13 Å². The van der Waals surface area contributed by atoms with Crippen molar-refractivity contribution in [1.29, 1.82) is 0 Å². The number of hydrogen-bond acceptors (Lipinski definition) is 6. The van der Waals surface area contributed by atoms with Crippen LogP contribution in [0.2, 0.25) is 5.02 Å². The van der Waals surface area contributed by atoms with E-state index >= 15 is 0 Å². The number of pyridine rings is 1. The van der Waals surface area contributed by atoms with E-state index in [4.69, 9.17) is 16.6 Å². The average Bonchev–Trinajstić information content (AvgIpc) is 3.36. The normalized spacial score (nSPS) is 16.6. The summed E-state index contributed by atoms with van der Waals surface area (Å²) < 4.78 is 29.3.